The molecule has 0 aliphatic heterocycles. The molecule has 94 valence electrons. The van der Waals surface area contributed by atoms with Crippen molar-refractivity contribution in [3.63, 3.8) is 0 Å². The van der Waals surface area contributed by atoms with Gasteiger partial charge in [-0.1, -0.05) is 41.5 Å². The number of methoxy groups -OCH3 is 1. The number of nitrogens with zero attached hydrogens (tertiary/aromatic N) is 3. The molecule has 0 radical (unpaired) electrons. The summed E-state index contributed by atoms with van der Waals surface area (Å²) in [6.45, 7) is 0. The molecule has 0 aromatic heterocycles. The van der Waals surface area contributed by atoms with E-state index in [2.05, 4.69) is 10.0 Å². The van der Waals surface area contributed by atoms with Gasteiger partial charge in [0, 0.05) is 10.6 Å². The van der Waals surface area contributed by atoms with Crippen LogP contribution in [0.25, 0.3) is 21.6 Å². The van der Waals surface area contributed by atoms with Crippen LogP contribution in [0.15, 0.2) is 53.6 Å². The monoisotopic (exact) mass is 253 g/mol. The number of hydrogen-bond acceptors (Lipinski definition) is 3. The number of carbonyl (C=O) groups excluding carboxylic acids is 1. The molecule has 0 N–H and O–H groups in total. The molecule has 2 aromatic rings. The van der Waals surface area contributed by atoms with Gasteiger partial charge in [0.25, 0.3) is 0 Å². The molecule has 2 aromatic carbocycles. The highest BCUT2D eigenvalue weighted by molar-refractivity contribution is 5.97. The van der Waals surface area contributed by atoms with Crippen LogP contribution in [-0.2, 0) is 4.74 Å². The predicted octanol–water partition coefficient (Wildman–Crippen LogP) is 4.08. The Morgan fingerprint density at radius 1 is 1.21 bits per heavy atom. The van der Waals surface area contributed by atoms with Gasteiger partial charge in [0.1, 0.15) is 0 Å². The van der Waals surface area contributed by atoms with Crippen LogP contribution in [0.4, 0.5) is 5.69 Å². The average molecular weight is 253 g/mol. The number of esters is 1. The molecule has 0 amide bonds. The summed E-state index contributed by atoms with van der Waals surface area (Å²) in [5, 5.41) is 3.55. The van der Waals surface area contributed by atoms with Crippen molar-refractivity contribution >= 4 is 11.7 Å². The zero-order chi connectivity index (χ0) is 13.7. The lowest BCUT2D eigenvalue weighted by Gasteiger charge is -2.08. The Kier molecular flexibility index (Phi) is 3.81. The van der Waals surface area contributed by atoms with Crippen molar-refractivity contribution in [2.24, 2.45) is 5.11 Å². The van der Waals surface area contributed by atoms with Gasteiger partial charge in [0.15, 0.2) is 0 Å². The van der Waals surface area contributed by atoms with Crippen LogP contribution in [0.5, 0.6) is 0 Å². The Morgan fingerprint density at radius 3 is 2.74 bits per heavy atom. The van der Waals surface area contributed by atoms with Crippen molar-refractivity contribution in [1.29, 1.82) is 0 Å². The molecule has 0 atom stereocenters. The van der Waals surface area contributed by atoms with Crippen molar-refractivity contribution in [2.45, 2.75) is 0 Å². The topological polar surface area (TPSA) is 75.1 Å². The zero-order valence-corrected chi connectivity index (χ0v) is 10.3. The fourth-order valence-corrected chi connectivity index (χ4v) is 1.81. The van der Waals surface area contributed by atoms with E-state index in [1.54, 1.807) is 30.3 Å². The largest absolute Gasteiger partial charge is 0.465 e. The van der Waals surface area contributed by atoms with E-state index in [1.165, 1.54) is 7.11 Å². The van der Waals surface area contributed by atoms with E-state index in [0.717, 1.165) is 11.1 Å². The van der Waals surface area contributed by atoms with Gasteiger partial charge >= 0.3 is 5.97 Å². The molecule has 5 heteroatoms. The van der Waals surface area contributed by atoms with Crippen LogP contribution in [0.3, 0.4) is 0 Å². The van der Waals surface area contributed by atoms with Gasteiger partial charge in [-0.3, -0.25) is 0 Å². The second-order valence-corrected chi connectivity index (χ2v) is 3.78. The highest BCUT2D eigenvalue weighted by Gasteiger charge is 2.12. The number of hydrogen-bond donors (Lipinski definition) is 0. The molecular formula is C14H11N3O2. The van der Waals surface area contributed by atoms with Gasteiger partial charge in [-0.25, -0.2) is 4.79 Å². The lowest BCUT2D eigenvalue weighted by molar-refractivity contribution is 0.0601. The van der Waals surface area contributed by atoms with Crippen molar-refractivity contribution in [3.8, 4) is 11.1 Å². The highest BCUT2D eigenvalue weighted by atomic mass is 16.5. The first kappa shape index (κ1) is 12.7. The number of ether oxygens (including phenoxy) is 1. The van der Waals surface area contributed by atoms with E-state index >= 15 is 0 Å². The third-order valence-corrected chi connectivity index (χ3v) is 2.65. The first-order chi connectivity index (χ1) is 9.26. The van der Waals surface area contributed by atoms with Gasteiger partial charge in [0.05, 0.1) is 12.7 Å². The molecule has 0 aliphatic carbocycles. The van der Waals surface area contributed by atoms with Gasteiger partial charge < -0.3 is 4.74 Å². The van der Waals surface area contributed by atoms with Gasteiger partial charge in [-0.05, 0) is 28.8 Å². The normalized spacial score (nSPS) is 9.53. The van der Waals surface area contributed by atoms with Crippen molar-refractivity contribution in [3.05, 3.63) is 64.5 Å². The van der Waals surface area contributed by atoms with Crippen LogP contribution in [0, 0.1) is 0 Å². The highest BCUT2D eigenvalue weighted by Crippen LogP contribution is 2.27. The molecular weight excluding hydrogens is 242 g/mol. The van der Waals surface area contributed by atoms with Crippen LogP contribution in [0.2, 0.25) is 0 Å². The quantitative estimate of drug-likeness (QED) is 0.357. The molecule has 0 saturated carbocycles. The first-order valence-corrected chi connectivity index (χ1v) is 5.59. The van der Waals surface area contributed by atoms with Gasteiger partial charge in [-0.15, -0.1) is 0 Å². The van der Waals surface area contributed by atoms with Crippen molar-refractivity contribution < 1.29 is 9.53 Å². The molecule has 0 fully saturated rings. The molecule has 2 rings (SSSR count). The van der Waals surface area contributed by atoms with Crippen molar-refractivity contribution in [1.82, 2.24) is 0 Å². The fraction of sp³-hybridized carbons (Fsp3) is 0.0714. The van der Waals surface area contributed by atoms with E-state index in [1.807, 2.05) is 18.2 Å². The Labute approximate surface area is 110 Å². The lowest BCUT2D eigenvalue weighted by Crippen LogP contribution is -2.03. The molecule has 5 nitrogen and oxygen atoms in total. The first-order valence-electron chi connectivity index (χ1n) is 5.59. The molecule has 0 spiro atoms. The summed E-state index contributed by atoms with van der Waals surface area (Å²) >= 11 is 0. The lowest BCUT2D eigenvalue weighted by atomic mass is 9.99. The summed E-state index contributed by atoms with van der Waals surface area (Å²) in [5.41, 5.74) is 11.0. The zero-order valence-electron chi connectivity index (χ0n) is 10.3. The molecule has 0 saturated heterocycles. The maximum Gasteiger partial charge on any atom is 0.338 e. The maximum atomic E-state index is 11.7. The van der Waals surface area contributed by atoms with Crippen LogP contribution in [0.1, 0.15) is 10.4 Å². The third-order valence-electron chi connectivity index (χ3n) is 2.65. The molecule has 0 unspecified atom stereocenters. The minimum Gasteiger partial charge on any atom is -0.465 e. The van der Waals surface area contributed by atoms with Crippen LogP contribution in [-0.4, -0.2) is 13.1 Å². The number of rotatable bonds is 3. The Bertz CT molecular complexity index is 661. The standard InChI is InChI=1S/C14H11N3O2/c1-19-14(18)13-8-3-2-7-12(13)10-5-4-6-11(9-10)16-17-15/h2-9H,1H3. The van der Waals surface area contributed by atoms with Crippen molar-refractivity contribution in [2.75, 3.05) is 7.11 Å². The van der Waals surface area contributed by atoms with E-state index in [4.69, 9.17) is 10.3 Å². The molecule has 19 heavy (non-hydrogen) atoms. The summed E-state index contributed by atoms with van der Waals surface area (Å²) < 4.78 is 4.76. The Hall–Kier alpha value is -2.78. The average Bonchev–Trinajstić information content (AvgIpc) is 2.47. The maximum absolute atomic E-state index is 11.7. The molecule has 0 bridgehead atoms. The van der Waals surface area contributed by atoms with Crippen LogP contribution < -0.4 is 0 Å². The Morgan fingerprint density at radius 2 is 2.00 bits per heavy atom. The SMILES string of the molecule is COC(=O)c1ccccc1-c1cccc(N=[N+]=[N-])c1. The Balaban J connectivity index is 2.55. The number of carbonyl (C=O) groups is 1. The molecule has 0 heterocycles. The van der Waals surface area contributed by atoms with E-state index in [9.17, 15) is 4.79 Å². The number of benzene rings is 2. The summed E-state index contributed by atoms with van der Waals surface area (Å²) in [5.74, 6) is -0.398. The van der Waals surface area contributed by atoms with Gasteiger partial charge in [-0.2, -0.15) is 0 Å². The minimum absolute atomic E-state index is 0.398. The summed E-state index contributed by atoms with van der Waals surface area (Å²) in [6.07, 6.45) is 0. The van der Waals surface area contributed by atoms with E-state index in [0.29, 0.717) is 11.3 Å². The van der Waals surface area contributed by atoms with Gasteiger partial charge in [0.2, 0.25) is 0 Å². The second-order valence-electron chi connectivity index (χ2n) is 3.78. The summed E-state index contributed by atoms with van der Waals surface area (Å²) in [6, 6.07) is 14.2. The summed E-state index contributed by atoms with van der Waals surface area (Å²) in [7, 11) is 1.34. The summed E-state index contributed by atoms with van der Waals surface area (Å²) in [4.78, 5) is 14.5. The minimum atomic E-state index is -0.398. The van der Waals surface area contributed by atoms with E-state index < -0.39 is 5.97 Å². The predicted molar refractivity (Wildman–Crippen MR) is 72.0 cm³/mol. The second kappa shape index (κ2) is 5.71. The third kappa shape index (κ3) is 2.73. The smallest absolute Gasteiger partial charge is 0.338 e. The molecule has 0 aliphatic rings. The number of azide groups is 1. The van der Waals surface area contributed by atoms with Crippen LogP contribution >= 0.6 is 0 Å². The van der Waals surface area contributed by atoms with E-state index in [-0.39, 0.29) is 0 Å². The fourth-order valence-electron chi connectivity index (χ4n) is 1.81.